The number of hydrogen-bond donors (Lipinski definition) is 1. The molecule has 1 unspecified atom stereocenters. The van der Waals surface area contributed by atoms with E-state index in [9.17, 15) is 9.90 Å². The maximum atomic E-state index is 11.2. The van der Waals surface area contributed by atoms with Crippen LogP contribution in [0.15, 0.2) is 0 Å². The van der Waals surface area contributed by atoms with Crippen LogP contribution in [0.1, 0.15) is 26.7 Å². The van der Waals surface area contributed by atoms with Crippen LogP contribution in [-0.4, -0.2) is 32.6 Å². The second-order valence-corrected chi connectivity index (χ2v) is 6.69. The second-order valence-electron chi connectivity index (χ2n) is 3.62. The van der Waals surface area contributed by atoms with E-state index in [1.165, 1.54) is 0 Å². The van der Waals surface area contributed by atoms with Gasteiger partial charge in [-0.3, -0.25) is 4.79 Å². The monoisotopic (exact) mass is 220 g/mol. The van der Waals surface area contributed by atoms with Gasteiger partial charge in [0.25, 0.3) is 0 Å². The van der Waals surface area contributed by atoms with Crippen LogP contribution in [0.25, 0.3) is 0 Å². The number of aliphatic carboxylic acids is 1. The van der Waals surface area contributed by atoms with Gasteiger partial charge in [0.1, 0.15) is 4.75 Å². The summed E-state index contributed by atoms with van der Waals surface area (Å²) in [5, 5.41) is 9.60. The van der Waals surface area contributed by atoms with Crippen LogP contribution in [0.4, 0.5) is 0 Å². The Balaban J connectivity index is 2.67. The average molecular weight is 220 g/mol. The third-order valence-electron chi connectivity index (χ3n) is 2.06. The van der Waals surface area contributed by atoms with Crippen molar-refractivity contribution in [2.75, 3.05) is 11.5 Å². The lowest BCUT2D eigenvalue weighted by atomic mass is 10.1. The molecule has 0 aliphatic carbocycles. The lowest BCUT2D eigenvalue weighted by Gasteiger charge is -2.33. The van der Waals surface area contributed by atoms with E-state index in [0.717, 1.165) is 24.3 Å². The van der Waals surface area contributed by atoms with Crippen LogP contribution in [0.5, 0.6) is 0 Å². The molecule has 0 radical (unpaired) electrons. The third kappa shape index (κ3) is 2.81. The highest BCUT2D eigenvalue weighted by molar-refractivity contribution is 8.05. The number of hydrogen-bond acceptors (Lipinski definition) is 3. The van der Waals surface area contributed by atoms with E-state index >= 15 is 0 Å². The molecule has 0 bridgehead atoms. The molecule has 0 amide bonds. The highest BCUT2D eigenvalue weighted by atomic mass is 32.2. The zero-order valence-electron chi connectivity index (χ0n) is 8.08. The number of rotatable bonds is 3. The molecule has 1 rings (SSSR count). The topological polar surface area (TPSA) is 37.3 Å². The summed E-state index contributed by atoms with van der Waals surface area (Å²) in [5.41, 5.74) is 0. The summed E-state index contributed by atoms with van der Waals surface area (Å²) in [4.78, 5) is 11.2. The normalized spacial score (nSPS) is 29.2. The predicted molar refractivity (Wildman–Crippen MR) is 59.7 cm³/mol. The molecule has 1 saturated heterocycles. The summed E-state index contributed by atoms with van der Waals surface area (Å²) < 4.78 is -0.503. The zero-order chi connectivity index (χ0) is 9.90. The Kier molecular flexibility index (Phi) is 3.98. The van der Waals surface area contributed by atoms with E-state index < -0.39 is 10.7 Å². The lowest BCUT2D eigenvalue weighted by Crippen LogP contribution is -2.41. The molecule has 0 aromatic carbocycles. The Labute approximate surface area is 87.9 Å². The molecule has 1 fully saturated rings. The number of carbonyl (C=O) groups is 1. The van der Waals surface area contributed by atoms with Crippen molar-refractivity contribution >= 4 is 29.5 Å². The average Bonchev–Trinajstić information content (AvgIpc) is 2.04. The number of carboxylic acids is 1. The third-order valence-corrected chi connectivity index (χ3v) is 4.96. The fourth-order valence-corrected chi connectivity index (χ4v) is 4.41. The second kappa shape index (κ2) is 4.60. The van der Waals surface area contributed by atoms with Gasteiger partial charge in [-0.05, 0) is 18.6 Å². The van der Waals surface area contributed by atoms with Crippen LogP contribution in [0.3, 0.4) is 0 Å². The Morgan fingerprint density at radius 3 is 2.69 bits per heavy atom. The summed E-state index contributed by atoms with van der Waals surface area (Å²) in [6.45, 7) is 4.13. The van der Waals surface area contributed by atoms with Crippen molar-refractivity contribution < 1.29 is 9.90 Å². The Morgan fingerprint density at radius 1 is 1.62 bits per heavy atom. The van der Waals surface area contributed by atoms with Crippen LogP contribution >= 0.6 is 23.5 Å². The molecule has 2 nitrogen and oxygen atoms in total. The van der Waals surface area contributed by atoms with Crippen LogP contribution in [0, 0.1) is 0 Å². The molecule has 1 N–H and O–H groups in total. The lowest BCUT2D eigenvalue weighted by molar-refractivity contribution is -0.139. The zero-order valence-corrected chi connectivity index (χ0v) is 9.71. The van der Waals surface area contributed by atoms with Gasteiger partial charge in [0.05, 0.1) is 0 Å². The maximum Gasteiger partial charge on any atom is 0.320 e. The highest BCUT2D eigenvalue weighted by Crippen LogP contribution is 2.40. The quantitative estimate of drug-likeness (QED) is 0.793. The van der Waals surface area contributed by atoms with Gasteiger partial charge in [-0.2, -0.15) is 11.8 Å². The summed E-state index contributed by atoms with van der Waals surface area (Å²) in [5.74, 6) is 1.26. The molecule has 4 heteroatoms. The molecular formula is C9H16O2S2. The van der Waals surface area contributed by atoms with Gasteiger partial charge < -0.3 is 5.11 Å². The molecule has 1 aliphatic heterocycles. The van der Waals surface area contributed by atoms with Crippen molar-refractivity contribution in [2.24, 2.45) is 0 Å². The van der Waals surface area contributed by atoms with Crippen molar-refractivity contribution in [1.82, 2.24) is 0 Å². The molecule has 1 atom stereocenters. The molecule has 0 spiro atoms. The smallest absolute Gasteiger partial charge is 0.320 e. The summed E-state index contributed by atoms with van der Waals surface area (Å²) in [6, 6.07) is 0. The fraction of sp³-hybridized carbons (Fsp3) is 0.889. The molecule has 76 valence electrons. The summed E-state index contributed by atoms with van der Waals surface area (Å²) in [7, 11) is 0. The van der Waals surface area contributed by atoms with Crippen molar-refractivity contribution in [3.05, 3.63) is 0 Å². The first-order chi connectivity index (χ1) is 6.07. The van der Waals surface area contributed by atoms with Gasteiger partial charge >= 0.3 is 5.97 Å². The predicted octanol–water partition coefficient (Wildman–Crippen LogP) is 2.48. The molecule has 1 aliphatic rings. The first kappa shape index (κ1) is 11.2. The molecule has 0 aromatic heterocycles. The maximum absolute atomic E-state index is 11.2. The van der Waals surface area contributed by atoms with Gasteiger partial charge in [0, 0.05) is 11.0 Å². The molecule has 0 aromatic rings. The van der Waals surface area contributed by atoms with Crippen molar-refractivity contribution in [2.45, 2.75) is 36.7 Å². The van der Waals surface area contributed by atoms with Gasteiger partial charge in [-0.25, -0.2) is 0 Å². The number of thioether (sulfide) groups is 2. The first-order valence-electron chi connectivity index (χ1n) is 4.56. The Hall–Kier alpha value is 0.170. The van der Waals surface area contributed by atoms with Crippen molar-refractivity contribution in [3.8, 4) is 0 Å². The summed E-state index contributed by atoms with van der Waals surface area (Å²) >= 11 is 3.38. The van der Waals surface area contributed by atoms with E-state index in [1.54, 1.807) is 23.5 Å². The molecule has 1 heterocycles. The van der Waals surface area contributed by atoms with Gasteiger partial charge in [-0.1, -0.05) is 13.8 Å². The fourth-order valence-electron chi connectivity index (χ4n) is 1.53. The standard InChI is InChI=1S/C9H16O2S2/c1-7(2)13-9(8(10)11)4-3-5-12-6-9/h7H,3-6H2,1-2H3,(H,10,11). The highest BCUT2D eigenvalue weighted by Gasteiger charge is 2.41. The molecule has 0 saturated carbocycles. The van der Waals surface area contributed by atoms with E-state index in [-0.39, 0.29) is 0 Å². The van der Waals surface area contributed by atoms with E-state index in [0.29, 0.717) is 5.25 Å². The van der Waals surface area contributed by atoms with Crippen LogP contribution < -0.4 is 0 Å². The van der Waals surface area contributed by atoms with E-state index in [1.807, 2.05) is 0 Å². The van der Waals surface area contributed by atoms with E-state index in [4.69, 9.17) is 0 Å². The largest absolute Gasteiger partial charge is 0.480 e. The van der Waals surface area contributed by atoms with Crippen LogP contribution in [-0.2, 0) is 4.79 Å². The minimum absolute atomic E-state index is 0.398. The first-order valence-corrected chi connectivity index (χ1v) is 6.59. The minimum Gasteiger partial charge on any atom is -0.480 e. The van der Waals surface area contributed by atoms with Crippen LogP contribution in [0.2, 0.25) is 0 Å². The summed E-state index contributed by atoms with van der Waals surface area (Å²) in [6.07, 6.45) is 1.87. The minimum atomic E-state index is -0.626. The van der Waals surface area contributed by atoms with Crippen molar-refractivity contribution in [1.29, 1.82) is 0 Å². The van der Waals surface area contributed by atoms with Gasteiger partial charge in [0.15, 0.2) is 0 Å². The van der Waals surface area contributed by atoms with E-state index in [2.05, 4.69) is 13.8 Å². The van der Waals surface area contributed by atoms with Gasteiger partial charge in [0.2, 0.25) is 0 Å². The Morgan fingerprint density at radius 2 is 2.31 bits per heavy atom. The molecule has 13 heavy (non-hydrogen) atoms. The Bertz CT molecular complexity index is 186. The van der Waals surface area contributed by atoms with Crippen molar-refractivity contribution in [3.63, 3.8) is 0 Å². The SMILES string of the molecule is CC(C)SC1(C(=O)O)CCCSC1. The number of carboxylic acid groups (broad SMARTS) is 1. The molecular weight excluding hydrogens is 204 g/mol. The van der Waals surface area contributed by atoms with Gasteiger partial charge in [-0.15, -0.1) is 11.8 Å².